The molecule has 1 aromatic heterocycles. The highest BCUT2D eigenvalue weighted by Crippen LogP contribution is 2.21. The van der Waals surface area contributed by atoms with Gasteiger partial charge < -0.3 is 10.8 Å². The van der Waals surface area contributed by atoms with Gasteiger partial charge in [-0.15, -0.1) is 11.8 Å². The number of hydrogen-bond donors (Lipinski definition) is 2. The lowest BCUT2D eigenvalue weighted by molar-refractivity contribution is 0.200. The van der Waals surface area contributed by atoms with E-state index in [4.69, 9.17) is 5.73 Å². The molecule has 0 amide bonds. The fraction of sp³-hybridized carbons (Fsp3) is 0.267. The number of aryl methyl sites for hydroxylation is 1. The Balaban J connectivity index is 1.88. The van der Waals surface area contributed by atoms with Gasteiger partial charge in [-0.25, -0.2) is 0 Å². The summed E-state index contributed by atoms with van der Waals surface area (Å²) >= 11 is 1.66. The van der Waals surface area contributed by atoms with Crippen molar-refractivity contribution in [2.45, 2.75) is 24.3 Å². The highest BCUT2D eigenvalue weighted by molar-refractivity contribution is 7.99. The van der Waals surface area contributed by atoms with Gasteiger partial charge in [-0.3, -0.25) is 4.98 Å². The number of aliphatic hydroxyl groups excluding tert-OH is 1. The van der Waals surface area contributed by atoms with E-state index < -0.39 is 6.10 Å². The molecule has 19 heavy (non-hydrogen) atoms. The van der Waals surface area contributed by atoms with Crippen molar-refractivity contribution in [2.24, 2.45) is 0 Å². The van der Waals surface area contributed by atoms with E-state index in [1.165, 1.54) is 10.5 Å². The Kier molecular flexibility index (Phi) is 4.82. The summed E-state index contributed by atoms with van der Waals surface area (Å²) in [5.74, 6) is 0.651. The number of nitrogens with zero attached hydrogens (tertiary/aromatic N) is 1. The van der Waals surface area contributed by atoms with Crippen LogP contribution in [0.5, 0.6) is 0 Å². The lowest BCUT2D eigenvalue weighted by atomic mass is 10.1. The summed E-state index contributed by atoms with van der Waals surface area (Å²) in [7, 11) is 0. The molecule has 0 aliphatic carbocycles. The van der Waals surface area contributed by atoms with Crippen molar-refractivity contribution in [1.82, 2.24) is 4.98 Å². The molecule has 1 heterocycles. The van der Waals surface area contributed by atoms with Gasteiger partial charge in [0, 0.05) is 35.2 Å². The number of nitrogens with two attached hydrogens (primary N) is 1. The van der Waals surface area contributed by atoms with Crippen LogP contribution in [0.15, 0.2) is 47.6 Å². The average Bonchev–Trinajstić information content (AvgIpc) is 2.39. The third-order valence-electron chi connectivity index (χ3n) is 2.83. The van der Waals surface area contributed by atoms with Crippen LogP contribution in [-0.4, -0.2) is 21.9 Å². The van der Waals surface area contributed by atoms with Crippen LogP contribution in [0.25, 0.3) is 0 Å². The summed E-state index contributed by atoms with van der Waals surface area (Å²) in [6, 6.07) is 10.0. The SMILES string of the molecule is Cc1cccc(SCC(O)Cc2cnccc2N)c1. The summed E-state index contributed by atoms with van der Waals surface area (Å²) in [5.41, 5.74) is 8.66. The lowest BCUT2D eigenvalue weighted by Crippen LogP contribution is -2.14. The van der Waals surface area contributed by atoms with E-state index >= 15 is 0 Å². The third kappa shape index (κ3) is 4.26. The number of pyridine rings is 1. The van der Waals surface area contributed by atoms with Crippen molar-refractivity contribution in [3.63, 3.8) is 0 Å². The van der Waals surface area contributed by atoms with Gasteiger partial charge in [-0.2, -0.15) is 0 Å². The van der Waals surface area contributed by atoms with E-state index in [2.05, 4.69) is 30.1 Å². The van der Waals surface area contributed by atoms with E-state index in [1.807, 2.05) is 6.07 Å². The quantitative estimate of drug-likeness (QED) is 0.823. The van der Waals surface area contributed by atoms with Crippen LogP contribution in [0.3, 0.4) is 0 Å². The van der Waals surface area contributed by atoms with Crippen molar-refractivity contribution in [2.75, 3.05) is 11.5 Å². The smallest absolute Gasteiger partial charge is 0.0675 e. The fourth-order valence-electron chi connectivity index (χ4n) is 1.82. The molecule has 100 valence electrons. The Morgan fingerprint density at radius 1 is 1.37 bits per heavy atom. The molecule has 2 aromatic rings. The predicted octanol–water partition coefficient (Wildman–Crippen LogP) is 2.67. The molecule has 0 bridgehead atoms. The minimum Gasteiger partial charge on any atom is -0.398 e. The van der Waals surface area contributed by atoms with Crippen molar-refractivity contribution < 1.29 is 5.11 Å². The number of rotatable bonds is 5. The standard InChI is InChI=1S/C15H18N2OS/c1-11-3-2-4-14(7-11)19-10-13(18)8-12-9-17-6-5-15(12)16/h2-7,9,13,18H,8,10H2,1H3,(H2,16,17). The minimum atomic E-state index is -0.419. The number of nitrogen functional groups attached to an aromatic ring is 1. The van der Waals surface area contributed by atoms with Crippen LogP contribution >= 0.6 is 11.8 Å². The molecule has 0 saturated carbocycles. The average molecular weight is 274 g/mol. The molecule has 1 unspecified atom stereocenters. The molecule has 1 atom stereocenters. The first-order chi connectivity index (χ1) is 9.15. The summed E-state index contributed by atoms with van der Waals surface area (Å²) in [5, 5.41) is 10.1. The number of aliphatic hydroxyl groups is 1. The van der Waals surface area contributed by atoms with Gasteiger partial charge in [0.2, 0.25) is 0 Å². The zero-order valence-corrected chi connectivity index (χ0v) is 11.7. The van der Waals surface area contributed by atoms with Crippen LogP contribution in [0, 0.1) is 6.92 Å². The second-order valence-corrected chi connectivity index (χ2v) is 5.65. The van der Waals surface area contributed by atoms with Crippen molar-refractivity contribution in [1.29, 1.82) is 0 Å². The molecule has 0 aliphatic heterocycles. The molecule has 0 radical (unpaired) electrons. The Hall–Kier alpha value is -1.52. The van der Waals surface area contributed by atoms with Gasteiger partial charge in [0.15, 0.2) is 0 Å². The maximum absolute atomic E-state index is 10.1. The molecule has 2 rings (SSSR count). The first-order valence-electron chi connectivity index (χ1n) is 6.21. The van der Waals surface area contributed by atoms with Crippen molar-refractivity contribution in [3.05, 3.63) is 53.9 Å². The second-order valence-electron chi connectivity index (χ2n) is 4.56. The predicted molar refractivity (Wildman–Crippen MR) is 80.3 cm³/mol. The molecule has 3 nitrogen and oxygen atoms in total. The van der Waals surface area contributed by atoms with Gasteiger partial charge in [-0.05, 0) is 30.7 Å². The molecular formula is C15H18N2OS. The third-order valence-corrected chi connectivity index (χ3v) is 3.97. The molecule has 4 heteroatoms. The van der Waals surface area contributed by atoms with Crippen LogP contribution < -0.4 is 5.73 Å². The Morgan fingerprint density at radius 2 is 2.21 bits per heavy atom. The van der Waals surface area contributed by atoms with Crippen LogP contribution in [0.1, 0.15) is 11.1 Å². The summed E-state index contributed by atoms with van der Waals surface area (Å²) < 4.78 is 0. The lowest BCUT2D eigenvalue weighted by Gasteiger charge is -2.11. The monoisotopic (exact) mass is 274 g/mol. The molecular weight excluding hydrogens is 256 g/mol. The number of thioether (sulfide) groups is 1. The van der Waals surface area contributed by atoms with Gasteiger partial charge in [0.05, 0.1) is 6.10 Å². The van der Waals surface area contributed by atoms with Gasteiger partial charge in [0.25, 0.3) is 0 Å². The minimum absolute atomic E-state index is 0.419. The zero-order chi connectivity index (χ0) is 13.7. The van der Waals surface area contributed by atoms with Crippen LogP contribution in [0.4, 0.5) is 5.69 Å². The van der Waals surface area contributed by atoms with E-state index in [9.17, 15) is 5.11 Å². The van der Waals surface area contributed by atoms with Gasteiger partial charge >= 0.3 is 0 Å². The second kappa shape index (κ2) is 6.59. The normalized spacial score (nSPS) is 12.3. The maximum atomic E-state index is 10.1. The largest absolute Gasteiger partial charge is 0.398 e. The number of benzene rings is 1. The molecule has 0 spiro atoms. The molecule has 3 N–H and O–H groups in total. The first kappa shape index (κ1) is 13.9. The van der Waals surface area contributed by atoms with Crippen molar-refractivity contribution >= 4 is 17.4 Å². The Morgan fingerprint density at radius 3 is 2.95 bits per heavy atom. The molecule has 0 saturated heterocycles. The highest BCUT2D eigenvalue weighted by Gasteiger charge is 2.09. The zero-order valence-electron chi connectivity index (χ0n) is 10.9. The first-order valence-corrected chi connectivity index (χ1v) is 7.19. The molecule has 0 aliphatic rings. The molecule has 1 aromatic carbocycles. The van der Waals surface area contributed by atoms with Gasteiger partial charge in [0.1, 0.15) is 0 Å². The Labute approximate surface area is 117 Å². The summed E-state index contributed by atoms with van der Waals surface area (Å²) in [6.45, 7) is 2.07. The number of hydrogen-bond acceptors (Lipinski definition) is 4. The van der Waals surface area contributed by atoms with Crippen LogP contribution in [0.2, 0.25) is 0 Å². The van der Waals surface area contributed by atoms with E-state index in [0.717, 1.165) is 5.56 Å². The van der Waals surface area contributed by atoms with Crippen LogP contribution in [-0.2, 0) is 6.42 Å². The highest BCUT2D eigenvalue weighted by atomic mass is 32.2. The number of aromatic nitrogens is 1. The molecule has 0 fully saturated rings. The Bertz CT molecular complexity index is 545. The van der Waals surface area contributed by atoms with E-state index in [1.54, 1.807) is 30.2 Å². The van der Waals surface area contributed by atoms with Crippen molar-refractivity contribution in [3.8, 4) is 0 Å². The van der Waals surface area contributed by atoms with Gasteiger partial charge in [-0.1, -0.05) is 17.7 Å². The summed E-state index contributed by atoms with van der Waals surface area (Å²) in [6.07, 6.45) is 3.50. The fourth-order valence-corrected chi connectivity index (χ4v) is 2.77. The topological polar surface area (TPSA) is 59.1 Å². The summed E-state index contributed by atoms with van der Waals surface area (Å²) in [4.78, 5) is 5.21. The van der Waals surface area contributed by atoms with E-state index in [-0.39, 0.29) is 0 Å². The maximum Gasteiger partial charge on any atom is 0.0675 e. The van der Waals surface area contributed by atoms with E-state index in [0.29, 0.717) is 17.9 Å². The number of anilines is 1.